The van der Waals surface area contributed by atoms with Gasteiger partial charge in [-0.3, -0.25) is 14.9 Å². The Morgan fingerprint density at radius 1 is 1.03 bits per heavy atom. The van der Waals surface area contributed by atoms with Crippen LogP contribution in [-0.4, -0.2) is 15.7 Å². The normalized spacial score (nSPS) is 11.6. The summed E-state index contributed by atoms with van der Waals surface area (Å²) in [7, 11) is 0. The first-order valence-corrected chi connectivity index (χ1v) is 8.95. The number of ketones is 1. The molecule has 6 heteroatoms. The molecule has 4 aromatic rings. The third-order valence-corrected chi connectivity index (χ3v) is 4.47. The lowest BCUT2D eigenvalue weighted by atomic mass is 10.00. The predicted molar refractivity (Wildman–Crippen MR) is 110 cm³/mol. The van der Waals surface area contributed by atoms with Gasteiger partial charge in [0.05, 0.1) is 10.5 Å². The molecule has 0 saturated heterocycles. The summed E-state index contributed by atoms with van der Waals surface area (Å²) in [4.78, 5) is 28.3. The minimum absolute atomic E-state index is 0.0570. The molecule has 0 spiro atoms. The smallest absolute Gasteiger partial charge is 0.270 e. The molecule has 1 aromatic heterocycles. The first-order valence-electron chi connectivity index (χ1n) is 8.95. The molecule has 29 heavy (non-hydrogen) atoms. The number of hydrogen-bond acceptors (Lipinski definition) is 5. The van der Waals surface area contributed by atoms with Gasteiger partial charge in [-0.15, -0.1) is 0 Å². The fourth-order valence-corrected chi connectivity index (χ4v) is 2.97. The number of nitrogens with zero attached hydrogens (tertiary/aromatic N) is 2. The topological polar surface area (TPSA) is 86.2 Å². The summed E-state index contributed by atoms with van der Waals surface area (Å²) in [5.41, 5.74) is 3.39. The number of nitro benzene ring substituents is 1. The largest absolute Gasteiger partial charge is 0.436 e. The van der Waals surface area contributed by atoms with E-state index in [1.807, 2.05) is 31.2 Å². The van der Waals surface area contributed by atoms with Crippen molar-refractivity contribution in [3.63, 3.8) is 0 Å². The molecule has 0 radical (unpaired) electrons. The van der Waals surface area contributed by atoms with Gasteiger partial charge in [-0.1, -0.05) is 54.1 Å². The van der Waals surface area contributed by atoms with E-state index in [0.29, 0.717) is 22.2 Å². The summed E-state index contributed by atoms with van der Waals surface area (Å²) >= 11 is 0. The Bertz CT molecular complexity index is 1220. The van der Waals surface area contributed by atoms with Crippen molar-refractivity contribution in [1.29, 1.82) is 0 Å². The van der Waals surface area contributed by atoms with Crippen molar-refractivity contribution in [2.24, 2.45) is 0 Å². The number of carbonyl (C=O) groups is 1. The molecule has 3 aromatic carbocycles. The van der Waals surface area contributed by atoms with Crippen LogP contribution in [0.25, 0.3) is 22.7 Å². The molecule has 0 fully saturated rings. The molecule has 0 atom stereocenters. The molecule has 142 valence electrons. The van der Waals surface area contributed by atoms with Crippen LogP contribution < -0.4 is 0 Å². The predicted octanol–water partition coefficient (Wildman–Crippen LogP) is 5.47. The Labute approximate surface area is 166 Å². The Balaban J connectivity index is 1.86. The summed E-state index contributed by atoms with van der Waals surface area (Å²) < 4.78 is 5.81. The molecular formula is C23H16N2O4. The van der Waals surface area contributed by atoms with Crippen LogP contribution in [0.15, 0.2) is 77.2 Å². The van der Waals surface area contributed by atoms with Gasteiger partial charge in [0.25, 0.3) is 5.69 Å². The first kappa shape index (κ1) is 18.3. The Hall–Kier alpha value is -4.06. The summed E-state index contributed by atoms with van der Waals surface area (Å²) in [6.07, 6.45) is 1.57. The molecule has 4 rings (SSSR count). The number of oxazole rings is 1. The number of nitro groups is 1. The first-order chi connectivity index (χ1) is 14.0. The monoisotopic (exact) mass is 384 g/mol. The number of para-hydroxylation sites is 2. The molecule has 0 aliphatic heterocycles. The van der Waals surface area contributed by atoms with Crippen LogP contribution in [0.3, 0.4) is 0 Å². The Kier molecular flexibility index (Phi) is 4.75. The maximum atomic E-state index is 13.3. The number of carbonyl (C=O) groups excluding carboxylic acids is 1. The number of benzene rings is 3. The van der Waals surface area contributed by atoms with Crippen LogP contribution in [0.5, 0.6) is 0 Å². The molecule has 0 N–H and O–H groups in total. The zero-order chi connectivity index (χ0) is 20.4. The molecule has 0 aliphatic carbocycles. The van der Waals surface area contributed by atoms with Gasteiger partial charge < -0.3 is 4.42 Å². The van der Waals surface area contributed by atoms with Gasteiger partial charge in [-0.05, 0) is 30.7 Å². The molecule has 1 heterocycles. The number of hydrogen-bond donors (Lipinski definition) is 0. The van der Waals surface area contributed by atoms with Crippen molar-refractivity contribution in [1.82, 2.24) is 4.98 Å². The fraction of sp³-hybridized carbons (Fsp3) is 0.0435. The van der Waals surface area contributed by atoms with E-state index in [1.165, 1.54) is 12.1 Å². The third kappa shape index (κ3) is 3.82. The van der Waals surface area contributed by atoms with E-state index in [0.717, 1.165) is 5.56 Å². The molecule has 6 nitrogen and oxygen atoms in total. The second-order valence-corrected chi connectivity index (χ2v) is 6.59. The molecule has 0 bridgehead atoms. The van der Waals surface area contributed by atoms with Crippen molar-refractivity contribution in [2.45, 2.75) is 6.92 Å². The van der Waals surface area contributed by atoms with E-state index in [9.17, 15) is 14.9 Å². The van der Waals surface area contributed by atoms with E-state index < -0.39 is 4.92 Å². The maximum Gasteiger partial charge on any atom is 0.270 e. The van der Waals surface area contributed by atoms with Crippen LogP contribution in [0, 0.1) is 17.0 Å². The average Bonchev–Trinajstić information content (AvgIpc) is 3.16. The quantitative estimate of drug-likeness (QED) is 0.197. The second-order valence-electron chi connectivity index (χ2n) is 6.59. The van der Waals surface area contributed by atoms with Gasteiger partial charge in [-0.25, -0.2) is 4.98 Å². The minimum atomic E-state index is -0.474. The van der Waals surface area contributed by atoms with E-state index >= 15 is 0 Å². The number of Topliss-reactive ketones (excluding diaryl/α,β-unsaturated/α-hetero) is 1. The second kappa shape index (κ2) is 7.52. The van der Waals surface area contributed by atoms with Crippen LogP contribution in [0.2, 0.25) is 0 Å². The van der Waals surface area contributed by atoms with E-state index in [4.69, 9.17) is 4.42 Å². The lowest BCUT2D eigenvalue weighted by molar-refractivity contribution is -0.384. The lowest BCUT2D eigenvalue weighted by Crippen LogP contribution is -2.03. The molecule has 0 saturated carbocycles. The van der Waals surface area contributed by atoms with Crippen LogP contribution in [-0.2, 0) is 0 Å². The Morgan fingerprint density at radius 3 is 2.52 bits per heavy atom. The zero-order valence-electron chi connectivity index (χ0n) is 15.5. The van der Waals surface area contributed by atoms with E-state index in [1.54, 1.807) is 42.5 Å². The van der Waals surface area contributed by atoms with Gasteiger partial charge in [0.15, 0.2) is 11.4 Å². The van der Waals surface area contributed by atoms with Crippen molar-refractivity contribution < 1.29 is 14.1 Å². The van der Waals surface area contributed by atoms with Gasteiger partial charge in [0.1, 0.15) is 5.52 Å². The van der Waals surface area contributed by atoms with Gasteiger partial charge in [0, 0.05) is 17.7 Å². The maximum absolute atomic E-state index is 13.3. The lowest BCUT2D eigenvalue weighted by Gasteiger charge is -2.05. The fourth-order valence-electron chi connectivity index (χ4n) is 2.97. The zero-order valence-corrected chi connectivity index (χ0v) is 15.5. The summed E-state index contributed by atoms with van der Waals surface area (Å²) in [6, 6.07) is 20.5. The third-order valence-electron chi connectivity index (χ3n) is 4.47. The summed E-state index contributed by atoms with van der Waals surface area (Å²) in [6.45, 7) is 1.94. The molecular weight excluding hydrogens is 368 g/mol. The van der Waals surface area contributed by atoms with Gasteiger partial charge >= 0.3 is 0 Å². The van der Waals surface area contributed by atoms with Crippen molar-refractivity contribution in [3.05, 3.63) is 105 Å². The highest BCUT2D eigenvalue weighted by molar-refractivity contribution is 6.31. The van der Waals surface area contributed by atoms with Crippen LogP contribution in [0.4, 0.5) is 5.69 Å². The molecule has 0 amide bonds. The van der Waals surface area contributed by atoms with Crippen molar-refractivity contribution in [3.8, 4) is 0 Å². The van der Waals surface area contributed by atoms with Crippen LogP contribution in [0.1, 0.15) is 27.4 Å². The highest BCUT2D eigenvalue weighted by Gasteiger charge is 2.20. The van der Waals surface area contributed by atoms with E-state index in [2.05, 4.69) is 4.98 Å². The standard InChI is InChI=1S/C23H16N2O4/c1-15-9-11-17(12-10-15)22(26)19(14-16-5-4-6-18(13-16)25(27)28)23-24-20-7-2-3-8-21(20)29-23/h2-14H,1H3/b19-14+. The number of aromatic nitrogens is 1. The average molecular weight is 384 g/mol. The number of rotatable bonds is 5. The summed E-state index contributed by atoms with van der Waals surface area (Å²) in [5.74, 6) is -0.105. The van der Waals surface area contributed by atoms with E-state index in [-0.39, 0.29) is 22.9 Å². The minimum Gasteiger partial charge on any atom is -0.436 e. The number of allylic oxidation sites excluding steroid dienone is 1. The Morgan fingerprint density at radius 2 is 1.79 bits per heavy atom. The number of non-ortho nitro benzene ring substituents is 1. The van der Waals surface area contributed by atoms with Crippen molar-refractivity contribution >= 4 is 34.2 Å². The number of fused-ring (bicyclic) bond motifs is 1. The summed E-state index contributed by atoms with van der Waals surface area (Å²) in [5, 5.41) is 11.1. The number of aryl methyl sites for hydroxylation is 1. The molecule has 0 aliphatic rings. The van der Waals surface area contributed by atoms with Crippen molar-refractivity contribution in [2.75, 3.05) is 0 Å². The molecule has 0 unspecified atom stereocenters. The van der Waals surface area contributed by atoms with Crippen LogP contribution >= 0.6 is 0 Å². The van der Waals surface area contributed by atoms with Gasteiger partial charge in [-0.2, -0.15) is 0 Å². The van der Waals surface area contributed by atoms with Gasteiger partial charge in [0.2, 0.25) is 5.89 Å². The SMILES string of the molecule is Cc1ccc(C(=O)/C(=C\c2cccc([N+](=O)[O-])c2)c2nc3ccccc3o2)cc1. The highest BCUT2D eigenvalue weighted by Crippen LogP contribution is 2.27. The highest BCUT2D eigenvalue weighted by atomic mass is 16.6.